The molecular formula is C12H14O4. The largest absolute Gasteiger partial charge is 0.504 e. The van der Waals surface area contributed by atoms with E-state index < -0.39 is 5.97 Å². The molecule has 0 spiro atoms. The van der Waals surface area contributed by atoms with E-state index in [1.54, 1.807) is 12.1 Å². The fraction of sp³-hybridized carbons (Fsp3) is 0.417. The topological polar surface area (TPSA) is 66.8 Å². The number of carboxylic acids is 1. The van der Waals surface area contributed by atoms with Crippen molar-refractivity contribution < 1.29 is 19.7 Å². The molecule has 2 N–H and O–H groups in total. The number of benzene rings is 1. The SMILES string of the molecule is O=C(O)CC1CCCOc2c(O)cccc21. The van der Waals surface area contributed by atoms with Crippen molar-refractivity contribution in [2.24, 2.45) is 0 Å². The molecule has 1 aromatic rings. The van der Waals surface area contributed by atoms with Gasteiger partial charge in [-0.25, -0.2) is 0 Å². The van der Waals surface area contributed by atoms with Crippen LogP contribution in [0.2, 0.25) is 0 Å². The van der Waals surface area contributed by atoms with Crippen molar-refractivity contribution in [1.82, 2.24) is 0 Å². The van der Waals surface area contributed by atoms with Crippen LogP contribution in [0, 0.1) is 0 Å². The normalized spacial score (nSPS) is 19.4. The summed E-state index contributed by atoms with van der Waals surface area (Å²) in [4.78, 5) is 10.8. The van der Waals surface area contributed by atoms with Gasteiger partial charge in [0.05, 0.1) is 13.0 Å². The average Bonchev–Trinajstić information content (AvgIpc) is 2.42. The van der Waals surface area contributed by atoms with Gasteiger partial charge in [0.1, 0.15) is 0 Å². The summed E-state index contributed by atoms with van der Waals surface area (Å²) in [7, 11) is 0. The molecule has 0 radical (unpaired) electrons. The Labute approximate surface area is 93.5 Å². The van der Waals surface area contributed by atoms with Crippen LogP contribution in [-0.2, 0) is 4.79 Å². The van der Waals surface area contributed by atoms with Gasteiger partial charge >= 0.3 is 5.97 Å². The minimum Gasteiger partial charge on any atom is -0.504 e. The van der Waals surface area contributed by atoms with E-state index in [1.165, 1.54) is 0 Å². The van der Waals surface area contributed by atoms with Crippen LogP contribution in [0.5, 0.6) is 11.5 Å². The van der Waals surface area contributed by atoms with Crippen LogP contribution < -0.4 is 4.74 Å². The maximum absolute atomic E-state index is 10.8. The number of hydrogen-bond acceptors (Lipinski definition) is 3. The van der Waals surface area contributed by atoms with Crippen LogP contribution in [0.15, 0.2) is 18.2 Å². The molecule has 16 heavy (non-hydrogen) atoms. The van der Waals surface area contributed by atoms with Crippen LogP contribution >= 0.6 is 0 Å². The van der Waals surface area contributed by atoms with Crippen LogP contribution in [-0.4, -0.2) is 22.8 Å². The predicted octanol–water partition coefficient (Wildman–Crippen LogP) is 2.12. The molecule has 1 unspecified atom stereocenters. The monoisotopic (exact) mass is 222 g/mol. The molecular weight excluding hydrogens is 208 g/mol. The Morgan fingerprint density at radius 1 is 1.50 bits per heavy atom. The molecule has 0 aliphatic carbocycles. The summed E-state index contributed by atoms with van der Waals surface area (Å²) in [5, 5.41) is 18.5. The van der Waals surface area contributed by atoms with Gasteiger partial charge in [-0.2, -0.15) is 0 Å². The van der Waals surface area contributed by atoms with E-state index in [0.29, 0.717) is 12.4 Å². The smallest absolute Gasteiger partial charge is 0.303 e. The van der Waals surface area contributed by atoms with E-state index in [1.807, 2.05) is 6.07 Å². The Morgan fingerprint density at radius 3 is 3.06 bits per heavy atom. The first-order chi connectivity index (χ1) is 7.68. The fourth-order valence-electron chi connectivity index (χ4n) is 2.10. The molecule has 0 amide bonds. The van der Waals surface area contributed by atoms with E-state index in [9.17, 15) is 9.90 Å². The number of hydrogen-bond donors (Lipinski definition) is 2. The molecule has 1 aromatic carbocycles. The molecule has 4 nitrogen and oxygen atoms in total. The highest BCUT2D eigenvalue weighted by atomic mass is 16.5. The van der Waals surface area contributed by atoms with E-state index in [4.69, 9.17) is 9.84 Å². The third kappa shape index (κ3) is 2.10. The Bertz CT molecular complexity index is 400. The highest BCUT2D eigenvalue weighted by molar-refractivity contribution is 5.68. The van der Waals surface area contributed by atoms with E-state index in [-0.39, 0.29) is 18.1 Å². The number of phenols is 1. The standard InChI is InChI=1S/C12H14O4/c13-10-5-1-4-9-8(7-11(14)15)3-2-6-16-12(9)10/h1,4-5,8,13H,2-3,6-7H2,(H,14,15). The number of phenolic OH excluding ortho intramolecular Hbond substituents is 1. The number of ether oxygens (including phenoxy) is 1. The van der Waals surface area contributed by atoms with Crippen molar-refractivity contribution in [3.8, 4) is 11.5 Å². The lowest BCUT2D eigenvalue weighted by atomic mass is 9.91. The van der Waals surface area contributed by atoms with Gasteiger partial charge in [-0.15, -0.1) is 0 Å². The zero-order valence-electron chi connectivity index (χ0n) is 8.85. The van der Waals surface area contributed by atoms with Crippen molar-refractivity contribution in [3.63, 3.8) is 0 Å². The molecule has 4 heteroatoms. The third-order valence-electron chi connectivity index (χ3n) is 2.83. The lowest BCUT2D eigenvalue weighted by molar-refractivity contribution is -0.137. The van der Waals surface area contributed by atoms with E-state index in [0.717, 1.165) is 18.4 Å². The fourth-order valence-corrected chi connectivity index (χ4v) is 2.10. The van der Waals surface area contributed by atoms with Crippen molar-refractivity contribution in [2.75, 3.05) is 6.61 Å². The van der Waals surface area contributed by atoms with Crippen LogP contribution in [0.1, 0.15) is 30.7 Å². The number of carboxylic acid groups (broad SMARTS) is 1. The van der Waals surface area contributed by atoms with Crippen molar-refractivity contribution in [1.29, 1.82) is 0 Å². The van der Waals surface area contributed by atoms with Gasteiger partial charge in [0, 0.05) is 5.56 Å². The Kier molecular flexibility index (Phi) is 2.99. The minimum atomic E-state index is -0.818. The summed E-state index contributed by atoms with van der Waals surface area (Å²) in [6.07, 6.45) is 1.68. The van der Waals surface area contributed by atoms with Crippen molar-refractivity contribution in [2.45, 2.75) is 25.2 Å². The quantitative estimate of drug-likeness (QED) is 0.804. The van der Waals surface area contributed by atoms with Gasteiger partial charge in [0.2, 0.25) is 0 Å². The molecule has 0 saturated carbocycles. The number of fused-ring (bicyclic) bond motifs is 1. The Balaban J connectivity index is 2.36. The summed E-state index contributed by atoms with van der Waals surface area (Å²) in [6.45, 7) is 0.528. The van der Waals surface area contributed by atoms with Crippen LogP contribution in [0.3, 0.4) is 0 Å². The molecule has 0 fully saturated rings. The summed E-state index contributed by atoms with van der Waals surface area (Å²) in [5.41, 5.74) is 0.805. The highest BCUT2D eigenvalue weighted by Crippen LogP contribution is 2.40. The average molecular weight is 222 g/mol. The third-order valence-corrected chi connectivity index (χ3v) is 2.83. The zero-order valence-corrected chi connectivity index (χ0v) is 8.85. The second-order valence-electron chi connectivity index (χ2n) is 3.98. The van der Waals surface area contributed by atoms with Crippen LogP contribution in [0.4, 0.5) is 0 Å². The lowest BCUT2D eigenvalue weighted by Gasteiger charge is -2.14. The van der Waals surface area contributed by atoms with Gasteiger partial charge in [-0.05, 0) is 24.8 Å². The first kappa shape index (κ1) is 10.8. The summed E-state index contributed by atoms with van der Waals surface area (Å²) in [5.74, 6) is -0.343. The minimum absolute atomic E-state index is 0.0675. The van der Waals surface area contributed by atoms with E-state index >= 15 is 0 Å². The van der Waals surface area contributed by atoms with Crippen LogP contribution in [0.25, 0.3) is 0 Å². The number of aliphatic carboxylic acids is 1. The predicted molar refractivity (Wildman–Crippen MR) is 57.8 cm³/mol. The molecule has 86 valence electrons. The summed E-state index contributed by atoms with van der Waals surface area (Å²) in [6, 6.07) is 5.10. The molecule has 0 aromatic heterocycles. The zero-order chi connectivity index (χ0) is 11.5. The van der Waals surface area contributed by atoms with E-state index in [2.05, 4.69) is 0 Å². The van der Waals surface area contributed by atoms with Gasteiger partial charge in [-0.3, -0.25) is 4.79 Å². The van der Waals surface area contributed by atoms with Crippen molar-refractivity contribution >= 4 is 5.97 Å². The second kappa shape index (κ2) is 4.43. The molecule has 1 heterocycles. The molecule has 0 saturated heterocycles. The van der Waals surface area contributed by atoms with Gasteiger partial charge in [0.15, 0.2) is 11.5 Å². The summed E-state index contributed by atoms with van der Waals surface area (Å²) >= 11 is 0. The maximum atomic E-state index is 10.8. The number of rotatable bonds is 2. The molecule has 0 bridgehead atoms. The number of para-hydroxylation sites is 1. The molecule has 1 atom stereocenters. The van der Waals surface area contributed by atoms with Crippen molar-refractivity contribution in [3.05, 3.63) is 23.8 Å². The molecule has 1 aliphatic rings. The first-order valence-corrected chi connectivity index (χ1v) is 5.35. The first-order valence-electron chi connectivity index (χ1n) is 5.35. The Hall–Kier alpha value is -1.71. The number of aromatic hydroxyl groups is 1. The van der Waals surface area contributed by atoms with Gasteiger partial charge in [-0.1, -0.05) is 12.1 Å². The lowest BCUT2D eigenvalue weighted by Crippen LogP contribution is -2.05. The van der Waals surface area contributed by atoms with Gasteiger partial charge in [0.25, 0.3) is 0 Å². The highest BCUT2D eigenvalue weighted by Gasteiger charge is 2.23. The molecule has 2 rings (SSSR count). The summed E-state index contributed by atoms with van der Waals surface area (Å²) < 4.78 is 5.45. The second-order valence-corrected chi connectivity index (χ2v) is 3.98. The van der Waals surface area contributed by atoms with Gasteiger partial charge < -0.3 is 14.9 Å². The molecule has 1 aliphatic heterocycles. The Morgan fingerprint density at radius 2 is 2.31 bits per heavy atom. The number of carbonyl (C=O) groups is 1. The maximum Gasteiger partial charge on any atom is 0.303 e.